The highest BCUT2D eigenvalue weighted by molar-refractivity contribution is 7.88. The molecule has 8 nitrogen and oxygen atoms in total. The Morgan fingerprint density at radius 1 is 1.00 bits per heavy atom. The van der Waals surface area contributed by atoms with E-state index in [-0.39, 0.29) is 42.4 Å². The molecular weight excluding hydrogens is 538 g/mol. The first-order chi connectivity index (χ1) is 19.6. The number of sulfonamides is 1. The van der Waals surface area contributed by atoms with Crippen LogP contribution in [0.2, 0.25) is 0 Å². The molecule has 0 spiro atoms. The van der Waals surface area contributed by atoms with E-state index in [0.717, 1.165) is 48.4 Å². The number of carbonyl (C=O) groups is 3. The predicted octanol–water partition coefficient (Wildman–Crippen LogP) is 3.92. The summed E-state index contributed by atoms with van der Waals surface area (Å²) in [5.41, 5.74) is 0.902. The maximum atomic E-state index is 14.3. The topological polar surface area (TPSA) is 104 Å². The normalized spacial score (nSPS) is 25.1. The molecule has 9 heteroatoms. The number of rotatable bonds is 9. The van der Waals surface area contributed by atoms with E-state index in [1.165, 1.54) is 10.6 Å². The molecule has 41 heavy (non-hydrogen) atoms. The zero-order chi connectivity index (χ0) is 29.3. The summed E-state index contributed by atoms with van der Waals surface area (Å²) in [4.78, 5) is 43.1. The average molecular weight is 582 g/mol. The fourth-order valence-corrected chi connectivity index (χ4v) is 8.39. The number of nitrogens with one attached hydrogen (secondary N) is 1. The van der Waals surface area contributed by atoms with E-state index in [2.05, 4.69) is 5.32 Å². The molecule has 1 saturated carbocycles. The molecule has 222 valence electrons. The highest BCUT2D eigenvalue weighted by Crippen LogP contribution is 2.39. The van der Waals surface area contributed by atoms with Crippen molar-refractivity contribution in [1.82, 2.24) is 14.5 Å². The van der Waals surface area contributed by atoms with Crippen LogP contribution in [0.25, 0.3) is 10.8 Å². The van der Waals surface area contributed by atoms with Crippen molar-refractivity contribution in [3.63, 3.8) is 0 Å². The molecule has 2 saturated heterocycles. The Bertz CT molecular complexity index is 1400. The third-order valence-corrected chi connectivity index (χ3v) is 11.0. The number of amides is 2. The highest BCUT2D eigenvalue weighted by atomic mass is 32.2. The monoisotopic (exact) mass is 581 g/mol. The fraction of sp³-hybridized carbons (Fsp3) is 0.594. The molecule has 2 aromatic rings. The van der Waals surface area contributed by atoms with Gasteiger partial charge in [-0.05, 0) is 47.9 Å². The van der Waals surface area contributed by atoms with Gasteiger partial charge in [0, 0.05) is 31.5 Å². The molecule has 0 aromatic heterocycles. The Morgan fingerprint density at radius 2 is 1.71 bits per heavy atom. The van der Waals surface area contributed by atoms with E-state index in [1.54, 1.807) is 4.90 Å². The minimum absolute atomic E-state index is 0.0422. The summed E-state index contributed by atoms with van der Waals surface area (Å²) in [5, 5.41) is 5.14. The third kappa shape index (κ3) is 6.07. The summed E-state index contributed by atoms with van der Waals surface area (Å²) in [6.45, 7) is 4.28. The second-order valence-corrected chi connectivity index (χ2v) is 14.2. The van der Waals surface area contributed by atoms with Crippen LogP contribution in [0.3, 0.4) is 0 Å². The lowest BCUT2D eigenvalue weighted by Gasteiger charge is -2.36. The SMILES string of the molecule is CC[C@@H](C)C(=O)N[C@H](C(=O)N1CC[C@@H]2[C@H]1[C@@H](C(=O)Cc1cccc3ccccc13)CN2S(C)(=O)=O)C1CCCCC1. The molecule has 3 aliphatic rings. The Morgan fingerprint density at radius 3 is 2.41 bits per heavy atom. The summed E-state index contributed by atoms with van der Waals surface area (Å²) in [5.74, 6) is -1.14. The minimum Gasteiger partial charge on any atom is -0.344 e. The quantitative estimate of drug-likeness (QED) is 0.484. The van der Waals surface area contributed by atoms with Gasteiger partial charge >= 0.3 is 0 Å². The zero-order valence-electron chi connectivity index (χ0n) is 24.4. The fourth-order valence-electron chi connectivity index (χ4n) is 7.24. The number of hydrogen-bond donors (Lipinski definition) is 1. The van der Waals surface area contributed by atoms with Crippen molar-refractivity contribution in [2.75, 3.05) is 19.3 Å². The van der Waals surface area contributed by atoms with Gasteiger partial charge < -0.3 is 10.2 Å². The maximum absolute atomic E-state index is 14.3. The van der Waals surface area contributed by atoms with Gasteiger partial charge in [-0.25, -0.2) is 8.42 Å². The molecule has 5 atom stereocenters. The van der Waals surface area contributed by atoms with Crippen LogP contribution in [0.15, 0.2) is 42.5 Å². The molecule has 5 rings (SSSR count). The van der Waals surface area contributed by atoms with Crippen LogP contribution in [0.5, 0.6) is 0 Å². The molecular formula is C32H43N3O5S. The number of benzene rings is 2. The van der Waals surface area contributed by atoms with E-state index in [9.17, 15) is 22.8 Å². The van der Waals surface area contributed by atoms with Crippen molar-refractivity contribution in [2.45, 2.75) is 83.3 Å². The van der Waals surface area contributed by atoms with E-state index in [1.807, 2.05) is 56.3 Å². The van der Waals surface area contributed by atoms with E-state index in [0.29, 0.717) is 19.4 Å². The van der Waals surface area contributed by atoms with Gasteiger partial charge in [-0.15, -0.1) is 0 Å². The van der Waals surface area contributed by atoms with Crippen molar-refractivity contribution < 1.29 is 22.8 Å². The summed E-state index contributed by atoms with van der Waals surface area (Å²) < 4.78 is 27.1. The molecule has 1 aliphatic carbocycles. The van der Waals surface area contributed by atoms with Gasteiger partial charge in [0.1, 0.15) is 11.8 Å². The standard InChI is InChI=1S/C32H43N3O5S/c1-4-21(2)31(37)33-29(23-12-6-5-7-13-23)32(38)34-18-17-27-30(34)26(20-35(27)41(3,39)40)28(36)19-24-15-10-14-22-11-8-9-16-25(22)24/h8-11,14-16,21,23,26-27,29-30H,4-7,12-13,17-20H2,1-3H3,(H,33,37)/t21-,26-,27-,29+,30-/m1/s1. The van der Waals surface area contributed by atoms with Crippen LogP contribution in [-0.2, 0) is 30.8 Å². The van der Waals surface area contributed by atoms with Gasteiger partial charge in [-0.2, -0.15) is 4.31 Å². The van der Waals surface area contributed by atoms with Crippen LogP contribution in [0.1, 0.15) is 64.4 Å². The van der Waals surface area contributed by atoms with E-state index < -0.39 is 34.1 Å². The molecule has 2 heterocycles. The summed E-state index contributed by atoms with van der Waals surface area (Å²) in [7, 11) is -3.58. The van der Waals surface area contributed by atoms with Gasteiger partial charge in [0.15, 0.2) is 0 Å². The molecule has 1 N–H and O–H groups in total. The Kier molecular flexibility index (Phi) is 8.85. The van der Waals surface area contributed by atoms with E-state index >= 15 is 0 Å². The summed E-state index contributed by atoms with van der Waals surface area (Å²) in [6, 6.07) is 12.2. The van der Waals surface area contributed by atoms with Crippen molar-refractivity contribution in [1.29, 1.82) is 0 Å². The van der Waals surface area contributed by atoms with Gasteiger partial charge in [0.25, 0.3) is 0 Å². The molecule has 2 amide bonds. The van der Waals surface area contributed by atoms with Crippen LogP contribution in [0.4, 0.5) is 0 Å². The number of fused-ring (bicyclic) bond motifs is 2. The second kappa shape index (κ2) is 12.2. The largest absolute Gasteiger partial charge is 0.344 e. The lowest BCUT2D eigenvalue weighted by molar-refractivity contribution is -0.141. The maximum Gasteiger partial charge on any atom is 0.245 e. The van der Waals surface area contributed by atoms with Crippen molar-refractivity contribution in [2.24, 2.45) is 17.8 Å². The molecule has 0 radical (unpaired) electrons. The van der Waals surface area contributed by atoms with Crippen LogP contribution in [-0.4, -0.2) is 72.7 Å². The van der Waals surface area contributed by atoms with Crippen LogP contribution >= 0.6 is 0 Å². The highest BCUT2D eigenvalue weighted by Gasteiger charge is 2.56. The second-order valence-electron chi connectivity index (χ2n) is 12.3. The predicted molar refractivity (Wildman–Crippen MR) is 160 cm³/mol. The first-order valence-electron chi connectivity index (χ1n) is 15.2. The van der Waals surface area contributed by atoms with E-state index in [4.69, 9.17) is 0 Å². The molecule has 2 aromatic carbocycles. The van der Waals surface area contributed by atoms with Crippen LogP contribution in [0, 0.1) is 17.8 Å². The average Bonchev–Trinajstić information content (AvgIpc) is 3.56. The van der Waals surface area contributed by atoms with Crippen molar-refractivity contribution in [3.8, 4) is 0 Å². The smallest absolute Gasteiger partial charge is 0.245 e. The molecule has 0 unspecified atom stereocenters. The lowest BCUT2D eigenvalue weighted by Crippen LogP contribution is -2.56. The van der Waals surface area contributed by atoms with Gasteiger partial charge in [-0.3, -0.25) is 14.4 Å². The van der Waals surface area contributed by atoms with Gasteiger partial charge in [0.05, 0.1) is 18.2 Å². The minimum atomic E-state index is -3.58. The first kappa shape index (κ1) is 29.7. The lowest BCUT2D eigenvalue weighted by atomic mass is 9.82. The number of Topliss-reactive ketones (excluding diaryl/α,β-unsaturated/α-hetero) is 1. The summed E-state index contributed by atoms with van der Waals surface area (Å²) >= 11 is 0. The Labute approximate surface area is 243 Å². The van der Waals surface area contributed by atoms with Crippen LogP contribution < -0.4 is 5.32 Å². The number of likely N-dealkylation sites (tertiary alicyclic amines) is 1. The van der Waals surface area contributed by atoms with Crippen molar-refractivity contribution in [3.05, 3.63) is 48.0 Å². The Balaban J connectivity index is 1.45. The first-order valence-corrected chi connectivity index (χ1v) is 17.0. The van der Waals surface area contributed by atoms with Gasteiger partial charge in [0.2, 0.25) is 21.8 Å². The number of carbonyl (C=O) groups excluding carboxylic acids is 3. The third-order valence-electron chi connectivity index (χ3n) is 9.69. The number of nitrogens with zero attached hydrogens (tertiary/aromatic N) is 2. The molecule has 2 aliphatic heterocycles. The zero-order valence-corrected chi connectivity index (χ0v) is 25.2. The number of hydrogen-bond acceptors (Lipinski definition) is 5. The van der Waals surface area contributed by atoms with Crippen molar-refractivity contribution >= 4 is 38.4 Å². The summed E-state index contributed by atoms with van der Waals surface area (Å²) in [6.07, 6.45) is 7.43. The Hall–Kier alpha value is -2.78. The van der Waals surface area contributed by atoms with Gasteiger partial charge in [-0.1, -0.05) is 75.6 Å². The number of ketones is 1. The molecule has 3 fully saturated rings. The molecule has 0 bridgehead atoms.